The standard InChI is InChI=1S/C10H23N3/c1-4-5-12-6-7-13(11)8-10(12)9(2)3/h9-10H,4-8,11H2,1-3H3. The molecular weight excluding hydrogens is 162 g/mol. The van der Waals surface area contributed by atoms with Gasteiger partial charge in [0.05, 0.1) is 0 Å². The van der Waals surface area contributed by atoms with Gasteiger partial charge in [0.25, 0.3) is 0 Å². The monoisotopic (exact) mass is 185 g/mol. The van der Waals surface area contributed by atoms with Crippen LogP contribution in [0.1, 0.15) is 27.2 Å². The van der Waals surface area contributed by atoms with E-state index in [-0.39, 0.29) is 0 Å². The third kappa shape index (κ3) is 2.93. The SMILES string of the molecule is CCCN1CCN(N)CC1C(C)C. The molecule has 1 fully saturated rings. The second-order valence-corrected chi connectivity index (χ2v) is 4.34. The number of rotatable bonds is 3. The maximum Gasteiger partial charge on any atom is 0.0288 e. The topological polar surface area (TPSA) is 32.5 Å². The highest BCUT2D eigenvalue weighted by Gasteiger charge is 2.26. The van der Waals surface area contributed by atoms with E-state index in [9.17, 15) is 0 Å². The van der Waals surface area contributed by atoms with Crippen LogP contribution in [0.4, 0.5) is 0 Å². The predicted molar refractivity (Wildman–Crippen MR) is 56.3 cm³/mol. The van der Waals surface area contributed by atoms with Gasteiger partial charge in [0.2, 0.25) is 0 Å². The van der Waals surface area contributed by atoms with Crippen LogP contribution in [-0.4, -0.2) is 42.1 Å². The summed E-state index contributed by atoms with van der Waals surface area (Å²) in [5, 5.41) is 1.96. The minimum atomic E-state index is 0.652. The molecule has 0 bridgehead atoms. The maximum absolute atomic E-state index is 5.83. The molecule has 0 saturated carbocycles. The zero-order chi connectivity index (χ0) is 9.84. The van der Waals surface area contributed by atoms with Crippen molar-refractivity contribution in [3.05, 3.63) is 0 Å². The quantitative estimate of drug-likeness (QED) is 0.663. The summed E-state index contributed by atoms with van der Waals surface area (Å²) in [7, 11) is 0. The Morgan fingerprint density at radius 1 is 1.38 bits per heavy atom. The highest BCUT2D eigenvalue weighted by atomic mass is 15.4. The number of nitrogens with zero attached hydrogens (tertiary/aromatic N) is 2. The largest absolute Gasteiger partial charge is 0.297 e. The maximum atomic E-state index is 5.83. The Morgan fingerprint density at radius 3 is 2.62 bits per heavy atom. The Hall–Kier alpha value is -0.120. The number of hydrogen-bond donors (Lipinski definition) is 1. The Morgan fingerprint density at radius 2 is 2.08 bits per heavy atom. The fourth-order valence-corrected chi connectivity index (χ4v) is 2.07. The number of hydrogen-bond acceptors (Lipinski definition) is 3. The van der Waals surface area contributed by atoms with Gasteiger partial charge in [-0.15, -0.1) is 0 Å². The van der Waals surface area contributed by atoms with E-state index >= 15 is 0 Å². The van der Waals surface area contributed by atoms with E-state index in [0.717, 1.165) is 19.6 Å². The van der Waals surface area contributed by atoms with Gasteiger partial charge in [-0.25, -0.2) is 5.01 Å². The van der Waals surface area contributed by atoms with Gasteiger partial charge in [0.1, 0.15) is 0 Å². The molecule has 0 radical (unpaired) electrons. The molecule has 1 unspecified atom stereocenters. The van der Waals surface area contributed by atoms with Gasteiger partial charge in [0.15, 0.2) is 0 Å². The number of hydrazine groups is 1. The van der Waals surface area contributed by atoms with Crippen LogP contribution in [0.5, 0.6) is 0 Å². The lowest BCUT2D eigenvalue weighted by molar-refractivity contribution is 0.0501. The van der Waals surface area contributed by atoms with Crippen LogP contribution in [-0.2, 0) is 0 Å². The fourth-order valence-electron chi connectivity index (χ4n) is 2.07. The first kappa shape index (κ1) is 11.0. The molecule has 1 aliphatic rings. The van der Waals surface area contributed by atoms with E-state index < -0.39 is 0 Å². The van der Waals surface area contributed by atoms with Crippen LogP contribution in [0.3, 0.4) is 0 Å². The summed E-state index contributed by atoms with van der Waals surface area (Å²) in [4.78, 5) is 2.58. The molecular formula is C10H23N3. The molecule has 3 heteroatoms. The van der Waals surface area contributed by atoms with Crippen molar-refractivity contribution < 1.29 is 0 Å². The fraction of sp³-hybridized carbons (Fsp3) is 1.00. The Bertz CT molecular complexity index is 147. The normalized spacial score (nSPS) is 27.0. The minimum Gasteiger partial charge on any atom is -0.297 e. The Balaban J connectivity index is 2.50. The van der Waals surface area contributed by atoms with Gasteiger partial charge in [-0.1, -0.05) is 20.8 Å². The van der Waals surface area contributed by atoms with Crippen molar-refractivity contribution in [3.8, 4) is 0 Å². The third-order valence-corrected chi connectivity index (χ3v) is 2.85. The minimum absolute atomic E-state index is 0.652. The van der Waals surface area contributed by atoms with Crippen LogP contribution in [0.15, 0.2) is 0 Å². The zero-order valence-electron chi connectivity index (χ0n) is 9.16. The molecule has 0 aliphatic carbocycles. The summed E-state index contributed by atoms with van der Waals surface area (Å²) in [6, 6.07) is 0.652. The smallest absolute Gasteiger partial charge is 0.0288 e. The third-order valence-electron chi connectivity index (χ3n) is 2.85. The molecule has 3 nitrogen and oxygen atoms in total. The van der Waals surface area contributed by atoms with Crippen molar-refractivity contribution in [3.63, 3.8) is 0 Å². The molecule has 0 spiro atoms. The van der Waals surface area contributed by atoms with Crippen LogP contribution in [0.25, 0.3) is 0 Å². The summed E-state index contributed by atoms with van der Waals surface area (Å²) >= 11 is 0. The summed E-state index contributed by atoms with van der Waals surface area (Å²) in [6.45, 7) is 11.2. The summed E-state index contributed by atoms with van der Waals surface area (Å²) in [5.41, 5.74) is 0. The average Bonchev–Trinajstić information content (AvgIpc) is 2.08. The van der Waals surface area contributed by atoms with Crippen molar-refractivity contribution >= 4 is 0 Å². The molecule has 78 valence electrons. The molecule has 13 heavy (non-hydrogen) atoms. The van der Waals surface area contributed by atoms with E-state index in [2.05, 4.69) is 25.7 Å². The molecule has 1 saturated heterocycles. The molecule has 0 amide bonds. The van der Waals surface area contributed by atoms with Crippen molar-refractivity contribution in [2.24, 2.45) is 11.8 Å². The second kappa shape index (κ2) is 4.94. The van der Waals surface area contributed by atoms with Crippen molar-refractivity contribution in [2.45, 2.75) is 33.2 Å². The molecule has 0 aromatic carbocycles. The van der Waals surface area contributed by atoms with Crippen LogP contribution < -0.4 is 5.84 Å². The molecule has 0 aromatic rings. The van der Waals surface area contributed by atoms with Crippen LogP contribution in [0, 0.1) is 5.92 Å². The number of piperazine rings is 1. The summed E-state index contributed by atoms with van der Waals surface area (Å²) < 4.78 is 0. The van der Waals surface area contributed by atoms with Gasteiger partial charge in [0, 0.05) is 25.7 Å². The lowest BCUT2D eigenvalue weighted by Crippen LogP contribution is -2.57. The first-order valence-electron chi connectivity index (χ1n) is 5.38. The molecule has 1 heterocycles. The van der Waals surface area contributed by atoms with E-state index in [1.54, 1.807) is 0 Å². The first-order chi connectivity index (χ1) is 6.15. The zero-order valence-corrected chi connectivity index (χ0v) is 9.16. The van der Waals surface area contributed by atoms with Gasteiger partial charge in [-0.3, -0.25) is 10.7 Å². The van der Waals surface area contributed by atoms with E-state index in [0.29, 0.717) is 12.0 Å². The van der Waals surface area contributed by atoms with Gasteiger partial charge in [-0.2, -0.15) is 0 Å². The molecule has 2 N–H and O–H groups in total. The van der Waals surface area contributed by atoms with Crippen molar-refractivity contribution in [1.82, 2.24) is 9.91 Å². The van der Waals surface area contributed by atoms with Crippen molar-refractivity contribution in [1.29, 1.82) is 0 Å². The molecule has 1 aliphatic heterocycles. The Kier molecular flexibility index (Phi) is 4.16. The molecule has 1 rings (SSSR count). The highest BCUT2D eigenvalue weighted by molar-refractivity contribution is 4.81. The lowest BCUT2D eigenvalue weighted by atomic mass is 10.00. The van der Waals surface area contributed by atoms with Gasteiger partial charge in [-0.05, 0) is 18.9 Å². The van der Waals surface area contributed by atoms with E-state index in [4.69, 9.17) is 5.84 Å². The van der Waals surface area contributed by atoms with Gasteiger partial charge >= 0.3 is 0 Å². The van der Waals surface area contributed by atoms with Crippen LogP contribution in [0.2, 0.25) is 0 Å². The molecule has 0 aromatic heterocycles. The molecule has 1 atom stereocenters. The van der Waals surface area contributed by atoms with Crippen LogP contribution >= 0.6 is 0 Å². The second-order valence-electron chi connectivity index (χ2n) is 4.34. The number of nitrogens with two attached hydrogens (primary N) is 1. The predicted octanol–water partition coefficient (Wildman–Crippen LogP) is 0.912. The van der Waals surface area contributed by atoms with E-state index in [1.165, 1.54) is 13.0 Å². The van der Waals surface area contributed by atoms with Crippen molar-refractivity contribution in [2.75, 3.05) is 26.2 Å². The average molecular weight is 185 g/mol. The first-order valence-corrected chi connectivity index (χ1v) is 5.38. The highest BCUT2D eigenvalue weighted by Crippen LogP contribution is 2.15. The van der Waals surface area contributed by atoms with Gasteiger partial charge < -0.3 is 0 Å². The van der Waals surface area contributed by atoms with E-state index in [1.807, 2.05) is 5.01 Å². The summed E-state index contributed by atoms with van der Waals surface area (Å²) in [6.07, 6.45) is 1.24. The Labute approximate surface area is 81.8 Å². The lowest BCUT2D eigenvalue weighted by Gasteiger charge is -2.41. The summed E-state index contributed by atoms with van der Waals surface area (Å²) in [5.74, 6) is 6.53.